The minimum atomic E-state index is -0.459. The van der Waals surface area contributed by atoms with Crippen LogP contribution < -0.4 is 21.7 Å². The van der Waals surface area contributed by atoms with Gasteiger partial charge in [-0.25, -0.2) is 4.98 Å². The number of anilines is 2. The molecule has 0 bridgehead atoms. The zero-order valence-electron chi connectivity index (χ0n) is 13.8. The molecular weight excluding hydrogens is 381 g/mol. The fourth-order valence-corrected chi connectivity index (χ4v) is 4.69. The van der Waals surface area contributed by atoms with Crippen molar-refractivity contribution in [3.63, 3.8) is 0 Å². The number of nitrogens with zero attached hydrogens (tertiary/aromatic N) is 2. The minimum Gasteiger partial charge on any atom is -0.397 e. The summed E-state index contributed by atoms with van der Waals surface area (Å²) in [6.07, 6.45) is 4.39. The molecule has 1 amide bonds. The molecule has 0 radical (unpaired) electrons. The van der Waals surface area contributed by atoms with E-state index in [1.807, 2.05) is 0 Å². The van der Waals surface area contributed by atoms with E-state index in [0.717, 1.165) is 61.5 Å². The van der Waals surface area contributed by atoms with Crippen LogP contribution >= 0.6 is 36.2 Å². The van der Waals surface area contributed by atoms with E-state index in [-0.39, 0.29) is 24.8 Å². The van der Waals surface area contributed by atoms with Crippen molar-refractivity contribution in [2.45, 2.75) is 25.7 Å². The molecule has 0 spiro atoms. The van der Waals surface area contributed by atoms with E-state index < -0.39 is 5.91 Å². The first-order valence-electron chi connectivity index (χ1n) is 8.16. The Morgan fingerprint density at radius 2 is 1.76 bits per heavy atom. The van der Waals surface area contributed by atoms with Gasteiger partial charge in [0.1, 0.15) is 15.5 Å². The van der Waals surface area contributed by atoms with Gasteiger partial charge in [0.15, 0.2) is 0 Å². The lowest BCUT2D eigenvalue weighted by atomic mass is 9.89. The maximum atomic E-state index is 11.7. The van der Waals surface area contributed by atoms with Crippen LogP contribution in [0.25, 0.3) is 10.2 Å². The molecule has 0 saturated carbocycles. The molecule has 1 fully saturated rings. The summed E-state index contributed by atoms with van der Waals surface area (Å²) in [5, 5.41) is 4.35. The number of amides is 1. The highest BCUT2D eigenvalue weighted by molar-refractivity contribution is 7.21. The Labute approximate surface area is 163 Å². The molecule has 2 aromatic rings. The van der Waals surface area contributed by atoms with E-state index >= 15 is 0 Å². The molecule has 138 valence electrons. The van der Waals surface area contributed by atoms with Crippen LogP contribution in [-0.4, -0.2) is 37.1 Å². The summed E-state index contributed by atoms with van der Waals surface area (Å²) in [4.78, 5) is 20.2. The maximum absolute atomic E-state index is 11.7. The van der Waals surface area contributed by atoms with Crippen molar-refractivity contribution in [2.75, 3.05) is 36.8 Å². The predicted octanol–water partition coefficient (Wildman–Crippen LogP) is 2.11. The Kier molecular flexibility index (Phi) is 6.37. The highest BCUT2D eigenvalue weighted by Gasteiger charge is 2.26. The number of hydrogen-bond donors (Lipinski definition) is 3. The zero-order chi connectivity index (χ0) is 16.0. The number of carbonyl (C=O) groups is 1. The first-order chi connectivity index (χ1) is 11.2. The van der Waals surface area contributed by atoms with Gasteiger partial charge in [-0.05, 0) is 36.8 Å². The van der Waals surface area contributed by atoms with Crippen LogP contribution in [0.2, 0.25) is 0 Å². The number of halogens is 2. The van der Waals surface area contributed by atoms with Gasteiger partial charge in [0.05, 0.1) is 5.69 Å². The smallest absolute Gasteiger partial charge is 0.260 e. The molecule has 25 heavy (non-hydrogen) atoms. The van der Waals surface area contributed by atoms with E-state index in [4.69, 9.17) is 16.5 Å². The number of hydrogen-bond acceptors (Lipinski definition) is 6. The molecule has 2 aromatic heterocycles. The molecule has 0 unspecified atom stereocenters. The molecule has 0 atom stereocenters. The first-order valence-corrected chi connectivity index (χ1v) is 8.97. The number of carbonyl (C=O) groups excluding carboxylic acids is 1. The monoisotopic (exact) mass is 403 g/mol. The molecule has 2 aliphatic rings. The normalized spacial score (nSPS) is 16.7. The Bertz CT molecular complexity index is 789. The van der Waals surface area contributed by atoms with Crippen molar-refractivity contribution in [2.24, 2.45) is 5.73 Å². The largest absolute Gasteiger partial charge is 0.397 e. The highest BCUT2D eigenvalue weighted by Crippen LogP contribution is 2.41. The Morgan fingerprint density at radius 1 is 1.12 bits per heavy atom. The van der Waals surface area contributed by atoms with E-state index in [1.165, 1.54) is 28.9 Å². The van der Waals surface area contributed by atoms with Gasteiger partial charge in [-0.3, -0.25) is 4.79 Å². The second-order valence-electron chi connectivity index (χ2n) is 6.23. The second kappa shape index (κ2) is 7.95. The Balaban J connectivity index is 0.00000113. The van der Waals surface area contributed by atoms with Gasteiger partial charge < -0.3 is 21.7 Å². The number of nitrogen functional groups attached to an aromatic ring is 1. The molecule has 4 rings (SSSR count). The topological polar surface area (TPSA) is 97.3 Å². The van der Waals surface area contributed by atoms with Gasteiger partial charge in [-0.1, -0.05) is 0 Å². The van der Waals surface area contributed by atoms with Crippen LogP contribution in [0.15, 0.2) is 0 Å². The molecule has 1 aliphatic carbocycles. The number of aromatic nitrogens is 1. The number of nitrogens with two attached hydrogens (primary N) is 2. The third kappa shape index (κ3) is 3.38. The van der Waals surface area contributed by atoms with Crippen molar-refractivity contribution in [3.8, 4) is 0 Å². The summed E-state index contributed by atoms with van der Waals surface area (Å²) in [5.74, 6) is 0.629. The minimum absolute atomic E-state index is 0. The third-order valence-electron chi connectivity index (χ3n) is 4.81. The van der Waals surface area contributed by atoms with Crippen LogP contribution in [-0.2, 0) is 12.8 Å². The van der Waals surface area contributed by atoms with E-state index in [9.17, 15) is 4.79 Å². The van der Waals surface area contributed by atoms with Gasteiger partial charge in [-0.15, -0.1) is 36.2 Å². The van der Waals surface area contributed by atoms with Gasteiger partial charge in [0.2, 0.25) is 0 Å². The molecule has 1 aliphatic heterocycles. The fraction of sp³-hybridized carbons (Fsp3) is 0.500. The molecule has 1 saturated heterocycles. The standard InChI is InChI=1S/C16H21N5OS.2ClH/c17-12-11-9-3-1-2-4-10(9)15(21-7-5-19-6-8-21)20-16(11)23-13(12)14(18)22;;/h19H,1-8,17H2,(H2,18,22);2*1H. The summed E-state index contributed by atoms with van der Waals surface area (Å²) >= 11 is 1.33. The maximum Gasteiger partial charge on any atom is 0.260 e. The number of pyridine rings is 1. The lowest BCUT2D eigenvalue weighted by molar-refractivity contribution is 0.100. The second-order valence-corrected chi connectivity index (χ2v) is 7.23. The average Bonchev–Trinajstić information content (AvgIpc) is 2.92. The summed E-state index contributed by atoms with van der Waals surface area (Å²) in [6, 6.07) is 0. The summed E-state index contributed by atoms with van der Waals surface area (Å²) in [5.41, 5.74) is 14.9. The van der Waals surface area contributed by atoms with Crippen molar-refractivity contribution < 1.29 is 4.79 Å². The molecule has 9 heteroatoms. The lowest BCUT2D eigenvalue weighted by Crippen LogP contribution is -2.44. The number of nitrogens with one attached hydrogen (secondary N) is 1. The zero-order valence-corrected chi connectivity index (χ0v) is 16.3. The van der Waals surface area contributed by atoms with Crippen LogP contribution in [0.1, 0.15) is 33.6 Å². The summed E-state index contributed by atoms with van der Waals surface area (Å²) in [6.45, 7) is 3.89. The molecule has 5 N–H and O–H groups in total. The summed E-state index contributed by atoms with van der Waals surface area (Å²) < 4.78 is 0. The van der Waals surface area contributed by atoms with Crippen molar-refractivity contribution in [1.29, 1.82) is 0 Å². The number of thiophene rings is 1. The Hall–Kier alpha value is -1.28. The number of aryl methyl sites for hydroxylation is 1. The number of primary amides is 1. The molecule has 3 heterocycles. The van der Waals surface area contributed by atoms with Crippen LogP contribution in [0.4, 0.5) is 11.5 Å². The quantitative estimate of drug-likeness (QED) is 0.712. The first kappa shape index (κ1) is 20.0. The predicted molar refractivity (Wildman–Crippen MR) is 109 cm³/mol. The number of piperazine rings is 1. The fourth-order valence-electron chi connectivity index (χ4n) is 3.71. The van der Waals surface area contributed by atoms with Crippen molar-refractivity contribution in [3.05, 3.63) is 16.0 Å². The molecule has 0 aromatic carbocycles. The van der Waals surface area contributed by atoms with Crippen molar-refractivity contribution >= 4 is 63.8 Å². The Morgan fingerprint density at radius 3 is 2.40 bits per heavy atom. The van der Waals surface area contributed by atoms with Crippen molar-refractivity contribution in [1.82, 2.24) is 10.3 Å². The highest BCUT2D eigenvalue weighted by atomic mass is 35.5. The van der Waals surface area contributed by atoms with Gasteiger partial charge in [-0.2, -0.15) is 0 Å². The molecule has 6 nitrogen and oxygen atoms in total. The average molecular weight is 404 g/mol. The van der Waals surface area contributed by atoms with Crippen LogP contribution in [0.3, 0.4) is 0 Å². The van der Waals surface area contributed by atoms with E-state index in [1.54, 1.807) is 0 Å². The summed E-state index contributed by atoms with van der Waals surface area (Å²) in [7, 11) is 0. The molecular formula is C16H23Cl2N5OS. The van der Waals surface area contributed by atoms with Gasteiger partial charge >= 0.3 is 0 Å². The van der Waals surface area contributed by atoms with Gasteiger partial charge in [0, 0.05) is 31.6 Å². The third-order valence-corrected chi connectivity index (χ3v) is 5.93. The van der Waals surface area contributed by atoms with Gasteiger partial charge in [0.25, 0.3) is 5.91 Å². The van der Waals surface area contributed by atoms with E-state index in [2.05, 4.69) is 10.2 Å². The number of fused-ring (bicyclic) bond motifs is 3. The van der Waals surface area contributed by atoms with Crippen LogP contribution in [0, 0.1) is 0 Å². The lowest BCUT2D eigenvalue weighted by Gasteiger charge is -2.32. The number of rotatable bonds is 2. The van der Waals surface area contributed by atoms with Crippen LogP contribution in [0.5, 0.6) is 0 Å². The SMILES string of the molecule is Cl.Cl.NC(=O)c1sc2nc(N3CCNCC3)c3c(c2c1N)CCCC3. The van der Waals surface area contributed by atoms with E-state index in [0.29, 0.717) is 10.6 Å².